The van der Waals surface area contributed by atoms with Crippen LogP contribution in [0.4, 0.5) is 5.69 Å². The minimum absolute atomic E-state index is 0.152. The van der Waals surface area contributed by atoms with Crippen molar-refractivity contribution < 1.29 is 4.79 Å². The Labute approximate surface area is 118 Å². The second-order valence-electron chi connectivity index (χ2n) is 6.59. The summed E-state index contributed by atoms with van der Waals surface area (Å²) < 4.78 is 0. The van der Waals surface area contributed by atoms with Crippen LogP contribution in [-0.2, 0) is 10.2 Å². The Balaban J connectivity index is 2.13. The van der Waals surface area contributed by atoms with Crippen molar-refractivity contribution in [2.45, 2.75) is 50.6 Å². The average Bonchev–Trinajstić information content (AvgIpc) is 2.45. The molecule has 0 aromatic heterocycles. The van der Waals surface area contributed by atoms with E-state index < -0.39 is 5.41 Å². The van der Waals surface area contributed by atoms with Crippen molar-refractivity contribution in [2.75, 3.05) is 4.90 Å². The fourth-order valence-corrected chi connectivity index (χ4v) is 3.68. The molecule has 1 aromatic rings. The zero-order valence-corrected chi connectivity index (χ0v) is 12.3. The third-order valence-corrected chi connectivity index (χ3v) is 4.79. The molecule has 3 rings (SSSR count). The summed E-state index contributed by atoms with van der Waals surface area (Å²) in [5.41, 5.74) is 7.29. The van der Waals surface area contributed by atoms with Gasteiger partial charge in [0.1, 0.15) is 0 Å². The number of anilines is 1. The third kappa shape index (κ3) is 1.65. The van der Waals surface area contributed by atoms with Crippen LogP contribution in [0.5, 0.6) is 0 Å². The highest BCUT2D eigenvalue weighted by Crippen LogP contribution is 2.50. The molecule has 2 aliphatic rings. The van der Waals surface area contributed by atoms with Crippen LogP contribution in [0.1, 0.15) is 39.2 Å². The number of amides is 1. The SMILES string of the molecule is CC1(C)C(=O)N(C2(C)CC(N)C2)c2cc(Cl)ccc21. The maximum atomic E-state index is 12.8. The Kier molecular flexibility index (Phi) is 2.55. The summed E-state index contributed by atoms with van der Waals surface area (Å²) in [6.07, 6.45) is 1.70. The monoisotopic (exact) mass is 278 g/mol. The second kappa shape index (κ2) is 3.74. The quantitative estimate of drug-likeness (QED) is 0.859. The van der Waals surface area contributed by atoms with Crippen LogP contribution in [0.25, 0.3) is 0 Å². The van der Waals surface area contributed by atoms with Gasteiger partial charge in [0.05, 0.1) is 11.1 Å². The summed E-state index contributed by atoms with van der Waals surface area (Å²) in [7, 11) is 0. The lowest BCUT2D eigenvalue weighted by Crippen LogP contribution is -2.62. The van der Waals surface area contributed by atoms with E-state index in [0.717, 1.165) is 24.1 Å². The number of benzene rings is 1. The summed E-state index contributed by atoms with van der Waals surface area (Å²) >= 11 is 6.11. The first-order chi connectivity index (χ1) is 8.75. The molecule has 1 amide bonds. The van der Waals surface area contributed by atoms with Gasteiger partial charge in [-0.05, 0) is 51.3 Å². The van der Waals surface area contributed by atoms with Gasteiger partial charge < -0.3 is 10.6 Å². The number of halogens is 1. The zero-order chi connectivity index (χ0) is 14.0. The van der Waals surface area contributed by atoms with E-state index in [0.29, 0.717) is 5.02 Å². The van der Waals surface area contributed by atoms with Crippen LogP contribution in [0.2, 0.25) is 5.02 Å². The number of nitrogens with two attached hydrogens (primary N) is 1. The molecule has 1 fully saturated rings. The third-order valence-electron chi connectivity index (χ3n) is 4.56. The molecule has 0 spiro atoms. The van der Waals surface area contributed by atoms with Gasteiger partial charge >= 0.3 is 0 Å². The van der Waals surface area contributed by atoms with Crippen molar-refractivity contribution in [1.29, 1.82) is 0 Å². The largest absolute Gasteiger partial charge is 0.328 e. The molecule has 3 nitrogen and oxygen atoms in total. The topological polar surface area (TPSA) is 46.3 Å². The van der Waals surface area contributed by atoms with Crippen LogP contribution in [0, 0.1) is 0 Å². The van der Waals surface area contributed by atoms with E-state index in [1.54, 1.807) is 0 Å². The molecule has 0 saturated heterocycles. The highest BCUT2D eigenvalue weighted by atomic mass is 35.5. The maximum Gasteiger partial charge on any atom is 0.237 e. The first kappa shape index (κ1) is 12.9. The Morgan fingerprint density at radius 3 is 2.53 bits per heavy atom. The number of fused-ring (bicyclic) bond motifs is 1. The van der Waals surface area contributed by atoms with Crippen molar-refractivity contribution in [3.05, 3.63) is 28.8 Å². The Hall–Kier alpha value is -1.06. The molecule has 0 unspecified atom stereocenters. The van der Waals surface area contributed by atoms with Crippen LogP contribution in [-0.4, -0.2) is 17.5 Å². The molecule has 1 aromatic carbocycles. The lowest BCUT2D eigenvalue weighted by molar-refractivity contribution is -0.123. The lowest BCUT2D eigenvalue weighted by atomic mass is 9.73. The first-order valence-corrected chi connectivity index (χ1v) is 7.04. The van der Waals surface area contributed by atoms with Crippen LogP contribution in [0.3, 0.4) is 0 Å². The fourth-order valence-electron chi connectivity index (χ4n) is 3.51. The minimum Gasteiger partial charge on any atom is -0.328 e. The Morgan fingerprint density at radius 1 is 1.32 bits per heavy atom. The Bertz CT molecular complexity index is 561. The van der Waals surface area contributed by atoms with Gasteiger partial charge in [0, 0.05) is 16.6 Å². The van der Waals surface area contributed by atoms with E-state index in [9.17, 15) is 4.79 Å². The normalized spacial score (nSPS) is 32.2. The van der Waals surface area contributed by atoms with E-state index in [1.165, 1.54) is 0 Å². The van der Waals surface area contributed by atoms with Crippen molar-refractivity contribution in [2.24, 2.45) is 5.73 Å². The predicted molar refractivity (Wildman–Crippen MR) is 77.6 cm³/mol. The molecule has 1 saturated carbocycles. The predicted octanol–water partition coefficient (Wildman–Crippen LogP) is 2.84. The highest BCUT2D eigenvalue weighted by molar-refractivity contribution is 6.31. The summed E-state index contributed by atoms with van der Waals surface area (Å²) in [5, 5.41) is 0.668. The summed E-state index contributed by atoms with van der Waals surface area (Å²) in [4.78, 5) is 14.7. The fraction of sp³-hybridized carbons (Fsp3) is 0.533. The molecule has 102 valence electrons. The highest BCUT2D eigenvalue weighted by Gasteiger charge is 2.54. The smallest absolute Gasteiger partial charge is 0.237 e. The number of hydrogen-bond acceptors (Lipinski definition) is 2. The summed E-state index contributed by atoms with van der Waals surface area (Å²) in [6, 6.07) is 5.92. The van der Waals surface area contributed by atoms with E-state index in [1.807, 2.05) is 36.9 Å². The molecule has 0 radical (unpaired) electrons. The van der Waals surface area contributed by atoms with Gasteiger partial charge in [0.2, 0.25) is 5.91 Å². The Morgan fingerprint density at radius 2 is 1.95 bits per heavy atom. The molecule has 0 bridgehead atoms. The number of nitrogens with zero attached hydrogens (tertiary/aromatic N) is 1. The lowest BCUT2D eigenvalue weighted by Gasteiger charge is -2.50. The summed E-state index contributed by atoms with van der Waals surface area (Å²) in [6.45, 7) is 6.06. The molecule has 4 heteroatoms. The standard InChI is InChI=1S/C15H19ClN2O/c1-14(2)11-5-4-9(16)6-12(11)18(13(14)19)15(3)7-10(17)8-15/h4-6,10H,7-8,17H2,1-3H3. The van der Waals surface area contributed by atoms with E-state index in [-0.39, 0.29) is 17.5 Å². The van der Waals surface area contributed by atoms with E-state index in [2.05, 4.69) is 6.92 Å². The van der Waals surface area contributed by atoms with E-state index >= 15 is 0 Å². The zero-order valence-electron chi connectivity index (χ0n) is 11.5. The first-order valence-electron chi connectivity index (χ1n) is 6.66. The van der Waals surface area contributed by atoms with Gasteiger partial charge in [-0.1, -0.05) is 17.7 Å². The number of hydrogen-bond donors (Lipinski definition) is 1. The molecular weight excluding hydrogens is 260 g/mol. The van der Waals surface area contributed by atoms with Gasteiger partial charge in [-0.25, -0.2) is 0 Å². The van der Waals surface area contributed by atoms with Crippen molar-refractivity contribution >= 4 is 23.2 Å². The van der Waals surface area contributed by atoms with Crippen LogP contribution < -0.4 is 10.6 Å². The molecule has 19 heavy (non-hydrogen) atoms. The molecule has 1 heterocycles. The van der Waals surface area contributed by atoms with Crippen molar-refractivity contribution in [3.63, 3.8) is 0 Å². The average molecular weight is 279 g/mol. The molecule has 1 aliphatic carbocycles. The van der Waals surface area contributed by atoms with Gasteiger partial charge in [-0.2, -0.15) is 0 Å². The van der Waals surface area contributed by atoms with Crippen molar-refractivity contribution in [3.8, 4) is 0 Å². The number of carbonyl (C=O) groups is 1. The molecular formula is C15H19ClN2O. The van der Waals surface area contributed by atoms with Gasteiger partial charge in [0.25, 0.3) is 0 Å². The van der Waals surface area contributed by atoms with Gasteiger partial charge in [-0.3, -0.25) is 4.79 Å². The molecule has 2 N–H and O–H groups in total. The molecule has 0 atom stereocenters. The van der Waals surface area contributed by atoms with Gasteiger partial charge in [0.15, 0.2) is 0 Å². The second-order valence-corrected chi connectivity index (χ2v) is 7.03. The van der Waals surface area contributed by atoms with E-state index in [4.69, 9.17) is 17.3 Å². The van der Waals surface area contributed by atoms with Crippen LogP contribution in [0.15, 0.2) is 18.2 Å². The summed E-state index contributed by atoms with van der Waals surface area (Å²) in [5.74, 6) is 0.152. The number of carbonyl (C=O) groups excluding carboxylic acids is 1. The molecule has 1 aliphatic heterocycles. The maximum absolute atomic E-state index is 12.8. The number of rotatable bonds is 1. The minimum atomic E-state index is -0.484. The van der Waals surface area contributed by atoms with Crippen molar-refractivity contribution in [1.82, 2.24) is 0 Å². The van der Waals surface area contributed by atoms with Crippen LogP contribution >= 0.6 is 11.6 Å². The van der Waals surface area contributed by atoms with Gasteiger partial charge in [-0.15, -0.1) is 0 Å².